The fourth-order valence-corrected chi connectivity index (χ4v) is 4.99. The Hall–Kier alpha value is -4.43. The van der Waals surface area contributed by atoms with Crippen LogP contribution in [0.25, 0.3) is 5.76 Å². The van der Waals surface area contributed by atoms with Gasteiger partial charge in [0.05, 0.1) is 18.7 Å². The van der Waals surface area contributed by atoms with Gasteiger partial charge in [0.25, 0.3) is 5.78 Å². The summed E-state index contributed by atoms with van der Waals surface area (Å²) < 4.78 is 11.2. The molecule has 1 aliphatic rings. The van der Waals surface area contributed by atoms with E-state index in [-0.39, 0.29) is 11.3 Å². The number of hydrogen-bond donors (Lipinski definition) is 1. The fourth-order valence-electron chi connectivity index (χ4n) is 4.32. The van der Waals surface area contributed by atoms with Crippen LogP contribution in [0.5, 0.6) is 11.5 Å². The molecule has 1 atom stereocenters. The Morgan fingerprint density at radius 2 is 1.81 bits per heavy atom. The predicted octanol–water partition coefficient (Wildman–Crippen LogP) is 5.67. The molecule has 1 saturated heterocycles. The number of carbonyl (C=O) groups is 2. The molecular formula is C29H24N2O5S. The third kappa shape index (κ3) is 4.83. The number of carbonyl (C=O) groups excluding carboxylic acids is 2. The van der Waals surface area contributed by atoms with Crippen LogP contribution in [-0.4, -0.2) is 28.9 Å². The first-order valence-corrected chi connectivity index (χ1v) is 12.5. The second-order valence-corrected chi connectivity index (χ2v) is 9.44. The van der Waals surface area contributed by atoms with Crippen LogP contribution < -0.4 is 14.4 Å². The largest absolute Gasteiger partial charge is 0.507 e. The van der Waals surface area contributed by atoms with Gasteiger partial charge in [-0.1, -0.05) is 42.0 Å². The first kappa shape index (κ1) is 24.3. The lowest BCUT2D eigenvalue weighted by molar-refractivity contribution is -0.132. The maximum atomic E-state index is 13.2. The normalized spacial score (nSPS) is 16.7. The lowest BCUT2D eigenvalue weighted by Crippen LogP contribution is -2.29. The number of Topliss-reactive ketones (excluding diaryl/α,β-unsaturated/α-hetero) is 1. The van der Waals surface area contributed by atoms with Crippen molar-refractivity contribution in [2.45, 2.75) is 19.6 Å². The van der Waals surface area contributed by atoms with Crippen LogP contribution in [0.4, 0.5) is 5.13 Å². The molecule has 0 aliphatic carbocycles. The number of nitrogens with zero attached hydrogens (tertiary/aromatic N) is 2. The van der Waals surface area contributed by atoms with Gasteiger partial charge in [-0.05, 0) is 54.4 Å². The molecule has 7 nitrogen and oxygen atoms in total. The van der Waals surface area contributed by atoms with E-state index in [0.29, 0.717) is 34.4 Å². The highest BCUT2D eigenvalue weighted by atomic mass is 32.1. The number of ketones is 1. The number of methoxy groups -OCH3 is 1. The van der Waals surface area contributed by atoms with Crippen molar-refractivity contribution in [3.8, 4) is 11.5 Å². The van der Waals surface area contributed by atoms with E-state index in [1.807, 2.05) is 25.1 Å². The number of aliphatic hydroxyl groups excluding tert-OH is 1. The first-order valence-electron chi connectivity index (χ1n) is 11.6. The zero-order valence-corrected chi connectivity index (χ0v) is 21.1. The molecule has 1 aromatic heterocycles. The van der Waals surface area contributed by atoms with Crippen LogP contribution in [-0.2, 0) is 16.2 Å². The van der Waals surface area contributed by atoms with Crippen LogP contribution >= 0.6 is 11.3 Å². The van der Waals surface area contributed by atoms with E-state index in [4.69, 9.17) is 9.47 Å². The molecule has 37 heavy (non-hydrogen) atoms. The number of thiazole rings is 1. The molecule has 0 saturated carbocycles. The minimum Gasteiger partial charge on any atom is -0.507 e. The smallest absolute Gasteiger partial charge is 0.301 e. The van der Waals surface area contributed by atoms with Crippen LogP contribution in [0, 0.1) is 6.92 Å². The summed E-state index contributed by atoms with van der Waals surface area (Å²) in [7, 11) is 1.54. The molecule has 2 heterocycles. The molecular weight excluding hydrogens is 488 g/mol. The number of hydrogen-bond acceptors (Lipinski definition) is 7. The molecule has 1 fully saturated rings. The van der Waals surface area contributed by atoms with Crippen molar-refractivity contribution < 1.29 is 24.2 Å². The summed E-state index contributed by atoms with van der Waals surface area (Å²) >= 11 is 1.24. The molecule has 4 aromatic rings. The molecule has 0 unspecified atom stereocenters. The number of ether oxygens (including phenoxy) is 2. The van der Waals surface area contributed by atoms with Gasteiger partial charge in [0.1, 0.15) is 23.9 Å². The molecule has 0 spiro atoms. The Balaban J connectivity index is 1.50. The zero-order chi connectivity index (χ0) is 25.9. The minimum atomic E-state index is -0.863. The Bertz CT molecular complexity index is 1480. The van der Waals surface area contributed by atoms with E-state index in [1.165, 1.54) is 16.2 Å². The van der Waals surface area contributed by atoms with Gasteiger partial charge in [-0.15, -0.1) is 11.3 Å². The van der Waals surface area contributed by atoms with E-state index in [0.717, 1.165) is 11.1 Å². The van der Waals surface area contributed by atoms with Gasteiger partial charge in [0.15, 0.2) is 5.13 Å². The predicted molar refractivity (Wildman–Crippen MR) is 142 cm³/mol. The van der Waals surface area contributed by atoms with E-state index >= 15 is 0 Å². The molecule has 0 radical (unpaired) electrons. The SMILES string of the molecule is COc1cccc([C@@H]2/C(=C(\O)c3ccc(OCc4cccc(C)c4)cc3)C(=O)C(=O)N2c2nccs2)c1. The van der Waals surface area contributed by atoms with Crippen LogP contribution in [0.3, 0.4) is 0 Å². The van der Waals surface area contributed by atoms with E-state index < -0.39 is 17.7 Å². The molecule has 186 valence electrons. The number of aryl methyl sites for hydroxylation is 1. The van der Waals surface area contributed by atoms with Gasteiger partial charge in [0.2, 0.25) is 0 Å². The van der Waals surface area contributed by atoms with Crippen molar-refractivity contribution in [1.82, 2.24) is 4.98 Å². The first-order chi connectivity index (χ1) is 18.0. The van der Waals surface area contributed by atoms with Gasteiger partial charge in [-0.2, -0.15) is 0 Å². The van der Waals surface area contributed by atoms with E-state index in [1.54, 1.807) is 67.2 Å². The number of rotatable bonds is 7. The summed E-state index contributed by atoms with van der Waals surface area (Å²) in [5.41, 5.74) is 3.21. The lowest BCUT2D eigenvalue weighted by Gasteiger charge is -2.23. The minimum absolute atomic E-state index is 0.0121. The van der Waals surface area contributed by atoms with Gasteiger partial charge in [0, 0.05) is 17.1 Å². The summed E-state index contributed by atoms with van der Waals surface area (Å²) in [6, 6.07) is 21.1. The number of anilines is 1. The molecule has 1 N–H and O–H groups in total. The average Bonchev–Trinajstić information content (AvgIpc) is 3.54. The second-order valence-electron chi connectivity index (χ2n) is 8.56. The Labute approximate surface area is 218 Å². The topological polar surface area (TPSA) is 89.0 Å². The van der Waals surface area contributed by atoms with Gasteiger partial charge >= 0.3 is 5.91 Å². The lowest BCUT2D eigenvalue weighted by atomic mass is 9.95. The van der Waals surface area contributed by atoms with Crippen molar-refractivity contribution in [2.24, 2.45) is 0 Å². The quantitative estimate of drug-likeness (QED) is 0.195. The number of amides is 1. The fraction of sp³-hybridized carbons (Fsp3) is 0.138. The highest BCUT2D eigenvalue weighted by Gasteiger charge is 2.48. The summed E-state index contributed by atoms with van der Waals surface area (Å²) in [5.74, 6) is -0.610. The number of aliphatic hydroxyl groups is 1. The van der Waals surface area contributed by atoms with Crippen LogP contribution in [0.2, 0.25) is 0 Å². The van der Waals surface area contributed by atoms with Crippen molar-refractivity contribution in [3.05, 3.63) is 112 Å². The molecule has 8 heteroatoms. The van der Waals surface area contributed by atoms with Crippen LogP contribution in [0.15, 0.2) is 89.9 Å². The zero-order valence-electron chi connectivity index (χ0n) is 20.3. The van der Waals surface area contributed by atoms with Crippen LogP contribution in [0.1, 0.15) is 28.3 Å². The Morgan fingerprint density at radius 1 is 1.03 bits per heavy atom. The van der Waals surface area contributed by atoms with Gasteiger partial charge in [-0.3, -0.25) is 14.5 Å². The van der Waals surface area contributed by atoms with E-state index in [9.17, 15) is 14.7 Å². The standard InChI is InChI=1S/C29H24N2O5S/c1-18-5-3-6-19(15-18)17-36-22-11-9-20(10-12-22)26(32)24-25(21-7-4-8-23(16-21)35-2)31(28(34)27(24)33)29-30-13-14-37-29/h3-16,25,32H,17H2,1-2H3/b26-24+/t25-/m1/s1. The van der Waals surface area contributed by atoms with E-state index in [2.05, 4.69) is 11.1 Å². The van der Waals surface area contributed by atoms with Gasteiger partial charge < -0.3 is 14.6 Å². The van der Waals surface area contributed by atoms with Gasteiger partial charge in [-0.25, -0.2) is 4.98 Å². The molecule has 3 aromatic carbocycles. The maximum Gasteiger partial charge on any atom is 0.301 e. The maximum absolute atomic E-state index is 13.2. The number of benzene rings is 3. The molecule has 1 amide bonds. The highest BCUT2D eigenvalue weighted by molar-refractivity contribution is 7.14. The van der Waals surface area contributed by atoms with Crippen molar-refractivity contribution in [1.29, 1.82) is 0 Å². The van der Waals surface area contributed by atoms with Crippen molar-refractivity contribution in [3.63, 3.8) is 0 Å². The summed E-state index contributed by atoms with van der Waals surface area (Å²) in [6.07, 6.45) is 1.57. The Morgan fingerprint density at radius 3 is 2.51 bits per heavy atom. The monoisotopic (exact) mass is 512 g/mol. The van der Waals surface area contributed by atoms with Crippen molar-refractivity contribution >= 4 is 33.9 Å². The average molecular weight is 513 g/mol. The summed E-state index contributed by atoms with van der Waals surface area (Å²) in [4.78, 5) is 31.9. The molecule has 5 rings (SSSR count). The molecule has 0 bridgehead atoms. The third-order valence-corrected chi connectivity index (χ3v) is 6.87. The Kier molecular flexibility index (Phi) is 6.74. The highest BCUT2D eigenvalue weighted by Crippen LogP contribution is 2.43. The molecule has 1 aliphatic heterocycles. The third-order valence-electron chi connectivity index (χ3n) is 6.10. The number of aromatic nitrogens is 1. The second kappa shape index (κ2) is 10.3. The van der Waals surface area contributed by atoms with Crippen molar-refractivity contribution in [2.75, 3.05) is 12.0 Å². The summed E-state index contributed by atoms with van der Waals surface area (Å²) in [5, 5.41) is 13.4. The summed E-state index contributed by atoms with van der Waals surface area (Å²) in [6.45, 7) is 2.43.